The first-order valence-corrected chi connectivity index (χ1v) is 16.6. The maximum absolute atomic E-state index is 14.1. The van der Waals surface area contributed by atoms with Crippen LogP contribution < -0.4 is 0 Å². The van der Waals surface area contributed by atoms with Crippen molar-refractivity contribution >= 4 is 11.8 Å². The Hall–Kier alpha value is -1.96. The van der Waals surface area contributed by atoms with Crippen molar-refractivity contribution in [3.8, 4) is 5.75 Å². The molecule has 2 heterocycles. The Kier molecular flexibility index (Phi) is 11.2. The fraction of sp³-hybridized carbons (Fsp3) is 0.778. The van der Waals surface area contributed by atoms with Gasteiger partial charge >= 0.3 is 5.97 Å². The number of aromatic hydroxyl groups is 1. The first-order valence-electron chi connectivity index (χ1n) is 16.6. The molecule has 2 aliphatic heterocycles. The summed E-state index contributed by atoms with van der Waals surface area (Å²) in [4.78, 5) is 25.9. The summed E-state index contributed by atoms with van der Waals surface area (Å²) in [6, 6.07) is 3.43. The van der Waals surface area contributed by atoms with E-state index in [1.165, 1.54) is 0 Å². The third kappa shape index (κ3) is 6.69. The Morgan fingerprint density at radius 1 is 1.09 bits per heavy atom. The zero-order valence-electron chi connectivity index (χ0n) is 28.3. The molecular formula is C36H58O7. The molecule has 0 saturated carbocycles. The molecule has 0 radical (unpaired) electrons. The minimum absolute atomic E-state index is 0.0102. The van der Waals surface area contributed by atoms with Crippen LogP contribution in [-0.2, 0) is 20.7 Å². The normalized spacial score (nSPS) is 34.0. The van der Waals surface area contributed by atoms with E-state index in [0.29, 0.717) is 30.4 Å². The molecular weight excluding hydrogens is 544 g/mol. The predicted octanol–water partition coefficient (Wildman–Crippen LogP) is 7.51. The maximum atomic E-state index is 14.1. The Balaban J connectivity index is 1.75. The third-order valence-corrected chi connectivity index (χ3v) is 11.9. The van der Waals surface area contributed by atoms with Crippen molar-refractivity contribution in [1.29, 1.82) is 0 Å². The summed E-state index contributed by atoms with van der Waals surface area (Å²) in [5.74, 6) is -2.47. The second-order valence-electron chi connectivity index (χ2n) is 14.4. The second kappa shape index (κ2) is 13.6. The summed E-state index contributed by atoms with van der Waals surface area (Å²) >= 11 is 0. The highest BCUT2D eigenvalue weighted by Crippen LogP contribution is 2.54. The number of rotatable bonds is 13. The van der Waals surface area contributed by atoms with Crippen LogP contribution in [0, 0.1) is 36.0 Å². The van der Waals surface area contributed by atoms with Gasteiger partial charge in [0.2, 0.25) is 0 Å². The van der Waals surface area contributed by atoms with Gasteiger partial charge in [0.15, 0.2) is 0 Å². The summed E-state index contributed by atoms with van der Waals surface area (Å²) in [6.07, 6.45) is 5.50. The summed E-state index contributed by atoms with van der Waals surface area (Å²) in [7, 11) is 0. The van der Waals surface area contributed by atoms with Crippen LogP contribution in [0.15, 0.2) is 12.1 Å². The number of carbonyl (C=O) groups is 2. The molecule has 0 aliphatic carbocycles. The molecule has 1 unspecified atom stereocenters. The van der Waals surface area contributed by atoms with Crippen molar-refractivity contribution < 1.29 is 34.4 Å². The van der Waals surface area contributed by atoms with Crippen LogP contribution in [0.5, 0.6) is 5.75 Å². The lowest BCUT2D eigenvalue weighted by atomic mass is 9.70. The quantitative estimate of drug-likeness (QED) is 0.214. The van der Waals surface area contributed by atoms with Crippen LogP contribution in [0.2, 0.25) is 0 Å². The lowest BCUT2D eigenvalue weighted by Crippen LogP contribution is -2.54. The minimum atomic E-state index is -1.17. The lowest BCUT2D eigenvalue weighted by molar-refractivity contribution is -0.227. The molecule has 1 aromatic carbocycles. The molecule has 7 nitrogen and oxygen atoms in total. The van der Waals surface area contributed by atoms with Crippen molar-refractivity contribution in [2.24, 2.45) is 29.1 Å². The number of hydrogen-bond acceptors (Lipinski definition) is 6. The number of carbonyl (C=O) groups excluding carboxylic acids is 1. The van der Waals surface area contributed by atoms with Gasteiger partial charge in [0.25, 0.3) is 0 Å². The largest absolute Gasteiger partial charge is 0.507 e. The Morgan fingerprint density at radius 2 is 1.74 bits per heavy atom. The zero-order valence-corrected chi connectivity index (χ0v) is 28.3. The SMILES string of the molecule is CC[C@@H](C(=O)[C@@H](C)[C@@H](O)[C@H](C)CCc1ccc(C)c(O)c1C(=O)O)[C@@]1(C)O[C@](CC)([C@H]2CCC(C)(CC)[C@H](C)O2)C[C@@H]1C. The van der Waals surface area contributed by atoms with Gasteiger partial charge in [-0.25, -0.2) is 4.79 Å². The van der Waals surface area contributed by atoms with Crippen molar-refractivity contribution in [3.05, 3.63) is 28.8 Å². The highest BCUT2D eigenvalue weighted by Gasteiger charge is 2.60. The number of ether oxygens (including phenoxy) is 2. The number of carboxylic acids is 1. The average Bonchev–Trinajstić information content (AvgIpc) is 3.24. The predicted molar refractivity (Wildman–Crippen MR) is 170 cm³/mol. The first kappa shape index (κ1) is 35.5. The van der Waals surface area contributed by atoms with E-state index in [2.05, 4.69) is 41.5 Å². The number of aliphatic hydroxyl groups excluding tert-OH is 1. The van der Waals surface area contributed by atoms with E-state index >= 15 is 0 Å². The summed E-state index contributed by atoms with van der Waals surface area (Å²) in [6.45, 7) is 20.6. The summed E-state index contributed by atoms with van der Waals surface area (Å²) in [5, 5.41) is 31.3. The van der Waals surface area contributed by atoms with Gasteiger partial charge in [0, 0.05) is 11.8 Å². The average molecular weight is 603 g/mol. The van der Waals surface area contributed by atoms with Crippen molar-refractivity contribution in [2.45, 2.75) is 150 Å². The van der Waals surface area contributed by atoms with Gasteiger partial charge in [-0.1, -0.05) is 60.6 Å². The van der Waals surface area contributed by atoms with E-state index in [1.54, 1.807) is 26.0 Å². The van der Waals surface area contributed by atoms with E-state index in [1.807, 2.05) is 13.8 Å². The smallest absolute Gasteiger partial charge is 0.339 e. The number of aryl methyl sites for hydroxylation is 2. The van der Waals surface area contributed by atoms with E-state index in [9.17, 15) is 24.9 Å². The van der Waals surface area contributed by atoms with Crippen LogP contribution in [0.4, 0.5) is 0 Å². The number of benzene rings is 1. The molecule has 0 aromatic heterocycles. The molecule has 3 N–H and O–H groups in total. The topological polar surface area (TPSA) is 113 Å². The highest BCUT2D eigenvalue weighted by atomic mass is 16.6. The van der Waals surface area contributed by atoms with Crippen LogP contribution in [0.3, 0.4) is 0 Å². The van der Waals surface area contributed by atoms with Gasteiger partial charge in [0.05, 0.1) is 29.5 Å². The molecule has 7 heteroatoms. The maximum Gasteiger partial charge on any atom is 0.339 e. The molecule has 2 saturated heterocycles. The highest BCUT2D eigenvalue weighted by molar-refractivity contribution is 5.93. The van der Waals surface area contributed by atoms with E-state index < -0.39 is 29.2 Å². The fourth-order valence-corrected chi connectivity index (χ4v) is 7.96. The minimum Gasteiger partial charge on any atom is -0.507 e. The van der Waals surface area contributed by atoms with Gasteiger partial charge in [-0.2, -0.15) is 0 Å². The summed E-state index contributed by atoms with van der Waals surface area (Å²) < 4.78 is 13.8. The number of aliphatic hydroxyl groups is 1. The van der Waals surface area contributed by atoms with Crippen LogP contribution in [-0.4, -0.2) is 56.6 Å². The molecule has 2 aliphatic rings. The summed E-state index contributed by atoms with van der Waals surface area (Å²) in [5.41, 5.74) is -0.0122. The van der Waals surface area contributed by atoms with Crippen LogP contribution in [0.25, 0.3) is 0 Å². The van der Waals surface area contributed by atoms with Gasteiger partial charge in [-0.05, 0) is 101 Å². The first-order chi connectivity index (χ1) is 20.0. The van der Waals surface area contributed by atoms with E-state index in [4.69, 9.17) is 9.47 Å². The number of hydrogen-bond donors (Lipinski definition) is 3. The van der Waals surface area contributed by atoms with Gasteiger partial charge in [-0.3, -0.25) is 4.79 Å². The standard InChI is InChI=1S/C36H58O7/c1-11-27(35(10)23(6)20-36(13-3,43-35)28-18-19-34(9,12-2)25(8)42-28)32(39)24(7)30(37)21(4)14-16-26-17-15-22(5)31(38)29(26)33(40)41/h15,17,21,23-25,27-28,30,37-38H,11-14,16,18-20H2,1-10H3,(H,40,41)/t21-,23+,24+,25+,27+,28-,30+,34?,35+,36+/m1/s1. The molecule has 2 fully saturated rings. The molecule has 0 bridgehead atoms. The molecule has 1 aromatic rings. The second-order valence-corrected chi connectivity index (χ2v) is 14.4. The van der Waals surface area contributed by atoms with Crippen molar-refractivity contribution in [1.82, 2.24) is 0 Å². The Bertz CT molecular complexity index is 1150. The lowest BCUT2D eigenvalue weighted by Gasteiger charge is -2.49. The fourth-order valence-electron chi connectivity index (χ4n) is 7.96. The van der Waals surface area contributed by atoms with Gasteiger partial charge in [0.1, 0.15) is 17.1 Å². The molecule has 0 amide bonds. The molecule has 244 valence electrons. The molecule has 10 atom stereocenters. The molecule has 43 heavy (non-hydrogen) atoms. The third-order valence-electron chi connectivity index (χ3n) is 11.9. The van der Waals surface area contributed by atoms with Crippen LogP contribution >= 0.6 is 0 Å². The van der Waals surface area contributed by atoms with E-state index in [0.717, 1.165) is 32.1 Å². The van der Waals surface area contributed by atoms with Gasteiger partial charge < -0.3 is 24.8 Å². The monoisotopic (exact) mass is 602 g/mol. The van der Waals surface area contributed by atoms with E-state index in [-0.39, 0.29) is 52.5 Å². The Labute approximate surface area is 259 Å². The van der Waals surface area contributed by atoms with Crippen molar-refractivity contribution in [2.75, 3.05) is 0 Å². The number of aromatic carboxylic acids is 1. The van der Waals surface area contributed by atoms with Crippen LogP contribution in [0.1, 0.15) is 129 Å². The molecule has 0 spiro atoms. The van der Waals surface area contributed by atoms with Gasteiger partial charge in [-0.15, -0.1) is 0 Å². The number of phenols is 1. The molecule has 3 rings (SSSR count). The number of ketones is 1. The zero-order chi connectivity index (χ0) is 32.5. The number of carboxylic acid groups (broad SMARTS) is 1. The van der Waals surface area contributed by atoms with Crippen molar-refractivity contribution in [3.63, 3.8) is 0 Å². The Morgan fingerprint density at radius 3 is 2.28 bits per heavy atom. The number of Topliss-reactive ketones (excluding diaryl/α,β-unsaturated/α-hetero) is 1.